The van der Waals surface area contributed by atoms with Crippen LogP contribution in [0.1, 0.15) is 16.1 Å². The molecule has 0 fully saturated rings. The maximum atomic E-state index is 11.9. The van der Waals surface area contributed by atoms with E-state index in [4.69, 9.17) is 5.11 Å². The quantitative estimate of drug-likeness (QED) is 0.648. The first-order valence-corrected chi connectivity index (χ1v) is 6.04. The van der Waals surface area contributed by atoms with Gasteiger partial charge in [-0.1, -0.05) is 6.07 Å². The molecule has 0 bridgehead atoms. The monoisotopic (exact) mass is 287 g/mol. The van der Waals surface area contributed by atoms with Gasteiger partial charge >= 0.3 is 12.0 Å². The van der Waals surface area contributed by atoms with Crippen molar-refractivity contribution in [1.29, 1.82) is 0 Å². The number of aryl methyl sites for hydroxylation is 1. The molecule has 1 aromatic carbocycles. The fraction of sp³-hybridized carbons (Fsp3) is 0.0714. The lowest BCUT2D eigenvalue weighted by Crippen LogP contribution is -2.20. The molecule has 21 heavy (non-hydrogen) atoms. The van der Waals surface area contributed by atoms with E-state index in [0.717, 1.165) is 0 Å². The van der Waals surface area contributed by atoms with Crippen LogP contribution in [0.5, 0.6) is 5.75 Å². The average Bonchev–Trinajstić information content (AvgIpc) is 2.43. The molecule has 108 valence electrons. The number of aromatic hydroxyl groups is 1. The molecule has 2 rings (SSSR count). The van der Waals surface area contributed by atoms with Gasteiger partial charge in [-0.2, -0.15) is 0 Å². The van der Waals surface area contributed by atoms with E-state index in [2.05, 4.69) is 15.6 Å². The number of carbonyl (C=O) groups is 2. The van der Waals surface area contributed by atoms with Crippen LogP contribution in [0.3, 0.4) is 0 Å². The summed E-state index contributed by atoms with van der Waals surface area (Å²) < 4.78 is 0. The molecular weight excluding hydrogens is 274 g/mol. The number of aromatic carboxylic acids is 1. The van der Waals surface area contributed by atoms with E-state index in [9.17, 15) is 14.7 Å². The minimum atomic E-state index is -1.28. The van der Waals surface area contributed by atoms with Gasteiger partial charge in [0.1, 0.15) is 5.56 Å². The SMILES string of the molecule is Cc1ncccc1NC(=O)Nc1cccc(C(=O)O)c1O. The van der Waals surface area contributed by atoms with E-state index in [1.54, 1.807) is 25.3 Å². The molecule has 0 atom stereocenters. The maximum Gasteiger partial charge on any atom is 0.339 e. The molecule has 2 aromatic rings. The Kier molecular flexibility index (Phi) is 4.03. The Balaban J connectivity index is 2.15. The van der Waals surface area contributed by atoms with Crippen molar-refractivity contribution in [3.05, 3.63) is 47.8 Å². The number of carbonyl (C=O) groups excluding carboxylic acids is 1. The Labute approximate surface area is 120 Å². The highest BCUT2D eigenvalue weighted by Crippen LogP contribution is 2.27. The minimum Gasteiger partial charge on any atom is -0.505 e. The lowest BCUT2D eigenvalue weighted by atomic mass is 10.1. The summed E-state index contributed by atoms with van der Waals surface area (Å²) >= 11 is 0. The smallest absolute Gasteiger partial charge is 0.339 e. The first-order valence-electron chi connectivity index (χ1n) is 6.04. The van der Waals surface area contributed by atoms with Crippen LogP contribution in [-0.2, 0) is 0 Å². The van der Waals surface area contributed by atoms with Crippen LogP contribution in [0.25, 0.3) is 0 Å². The summed E-state index contributed by atoms with van der Waals surface area (Å²) in [5.74, 6) is -1.78. The third kappa shape index (κ3) is 3.27. The second-order valence-corrected chi connectivity index (χ2v) is 4.22. The molecule has 0 aliphatic carbocycles. The predicted molar refractivity (Wildman–Crippen MR) is 76.7 cm³/mol. The zero-order valence-electron chi connectivity index (χ0n) is 11.1. The lowest BCUT2D eigenvalue weighted by Gasteiger charge is -2.11. The number of rotatable bonds is 3. The van der Waals surface area contributed by atoms with Crippen LogP contribution in [0.15, 0.2) is 36.5 Å². The van der Waals surface area contributed by atoms with Crippen LogP contribution in [0.2, 0.25) is 0 Å². The van der Waals surface area contributed by atoms with Crippen LogP contribution in [-0.4, -0.2) is 27.2 Å². The number of urea groups is 1. The van der Waals surface area contributed by atoms with E-state index in [1.165, 1.54) is 18.2 Å². The van der Waals surface area contributed by atoms with Gasteiger partial charge in [-0.15, -0.1) is 0 Å². The Morgan fingerprint density at radius 1 is 1.10 bits per heavy atom. The minimum absolute atomic E-state index is 0.00828. The number of hydrogen-bond acceptors (Lipinski definition) is 4. The molecule has 2 amide bonds. The van der Waals surface area contributed by atoms with Gasteiger partial charge in [-0.05, 0) is 31.2 Å². The zero-order chi connectivity index (χ0) is 15.4. The summed E-state index contributed by atoms with van der Waals surface area (Å²) in [5, 5.41) is 23.6. The summed E-state index contributed by atoms with van der Waals surface area (Å²) in [7, 11) is 0. The van der Waals surface area contributed by atoms with Gasteiger partial charge in [0.05, 0.1) is 17.1 Å². The molecule has 0 spiro atoms. The van der Waals surface area contributed by atoms with Crippen molar-refractivity contribution in [3.63, 3.8) is 0 Å². The summed E-state index contributed by atoms with van der Waals surface area (Å²) in [5.41, 5.74) is 0.874. The number of carboxylic acids is 1. The van der Waals surface area contributed by atoms with Crippen molar-refractivity contribution < 1.29 is 19.8 Å². The number of pyridine rings is 1. The number of anilines is 2. The molecule has 0 aliphatic rings. The predicted octanol–water partition coefficient (Wildman–Crippen LogP) is 2.44. The Morgan fingerprint density at radius 3 is 2.43 bits per heavy atom. The van der Waals surface area contributed by atoms with E-state index >= 15 is 0 Å². The topological polar surface area (TPSA) is 112 Å². The van der Waals surface area contributed by atoms with Gasteiger partial charge in [0.25, 0.3) is 0 Å². The van der Waals surface area contributed by atoms with E-state index in [0.29, 0.717) is 11.4 Å². The van der Waals surface area contributed by atoms with E-state index < -0.39 is 17.7 Å². The highest BCUT2D eigenvalue weighted by atomic mass is 16.4. The summed E-state index contributed by atoms with van der Waals surface area (Å²) in [6.07, 6.45) is 1.60. The number of para-hydroxylation sites is 1. The third-order valence-electron chi connectivity index (χ3n) is 2.77. The number of hydrogen-bond donors (Lipinski definition) is 4. The molecule has 0 saturated heterocycles. The standard InChI is InChI=1S/C14H13N3O4/c1-8-10(6-3-7-15-8)16-14(21)17-11-5-2-4-9(12(11)18)13(19)20/h2-7,18H,1H3,(H,19,20)(H2,16,17,21). The van der Waals surface area contributed by atoms with Crippen LogP contribution in [0, 0.1) is 6.92 Å². The second-order valence-electron chi connectivity index (χ2n) is 4.22. The van der Waals surface area contributed by atoms with Gasteiger partial charge in [-0.3, -0.25) is 4.98 Å². The van der Waals surface area contributed by atoms with Crippen LogP contribution in [0.4, 0.5) is 16.2 Å². The summed E-state index contributed by atoms with van der Waals surface area (Å²) in [6.45, 7) is 1.73. The van der Waals surface area contributed by atoms with Gasteiger partial charge in [-0.25, -0.2) is 9.59 Å². The number of aromatic nitrogens is 1. The number of benzene rings is 1. The number of nitrogens with zero attached hydrogens (tertiary/aromatic N) is 1. The van der Waals surface area contributed by atoms with Crippen LogP contribution < -0.4 is 10.6 Å². The van der Waals surface area contributed by atoms with Crippen molar-refractivity contribution in [2.45, 2.75) is 6.92 Å². The maximum absolute atomic E-state index is 11.9. The number of carboxylic acid groups (broad SMARTS) is 1. The molecule has 0 aliphatic heterocycles. The van der Waals surface area contributed by atoms with E-state index in [1.807, 2.05) is 0 Å². The molecule has 0 unspecified atom stereocenters. The molecular formula is C14H13N3O4. The Morgan fingerprint density at radius 2 is 1.76 bits per heavy atom. The molecule has 0 saturated carbocycles. The summed E-state index contributed by atoms with van der Waals surface area (Å²) in [4.78, 5) is 26.8. The normalized spacial score (nSPS) is 9.95. The zero-order valence-corrected chi connectivity index (χ0v) is 11.1. The van der Waals surface area contributed by atoms with Crippen molar-refractivity contribution in [1.82, 2.24) is 4.98 Å². The van der Waals surface area contributed by atoms with Gasteiger partial charge in [0.15, 0.2) is 5.75 Å². The van der Waals surface area contributed by atoms with Crippen LogP contribution >= 0.6 is 0 Å². The highest BCUT2D eigenvalue weighted by Gasteiger charge is 2.14. The second kappa shape index (κ2) is 5.91. The summed E-state index contributed by atoms with van der Waals surface area (Å²) in [6, 6.07) is 6.81. The Bertz CT molecular complexity index is 700. The van der Waals surface area contributed by atoms with Crippen molar-refractivity contribution in [2.24, 2.45) is 0 Å². The first-order chi connectivity index (χ1) is 9.99. The molecule has 7 nitrogen and oxygen atoms in total. The molecule has 1 aromatic heterocycles. The van der Waals surface area contributed by atoms with Gasteiger partial charge in [0.2, 0.25) is 0 Å². The largest absolute Gasteiger partial charge is 0.505 e. The fourth-order valence-corrected chi connectivity index (χ4v) is 1.71. The number of amides is 2. The molecule has 0 radical (unpaired) electrons. The van der Waals surface area contributed by atoms with Crippen molar-refractivity contribution >= 4 is 23.4 Å². The number of nitrogens with one attached hydrogen (secondary N) is 2. The first kappa shape index (κ1) is 14.3. The highest BCUT2D eigenvalue weighted by molar-refractivity contribution is 6.02. The van der Waals surface area contributed by atoms with Crippen molar-refractivity contribution in [2.75, 3.05) is 10.6 Å². The van der Waals surface area contributed by atoms with E-state index in [-0.39, 0.29) is 11.3 Å². The fourth-order valence-electron chi connectivity index (χ4n) is 1.71. The van der Waals surface area contributed by atoms with Gasteiger partial charge < -0.3 is 20.8 Å². The molecule has 7 heteroatoms. The van der Waals surface area contributed by atoms with Gasteiger partial charge in [0, 0.05) is 6.20 Å². The Hall–Kier alpha value is -3.09. The van der Waals surface area contributed by atoms with Crippen molar-refractivity contribution in [3.8, 4) is 5.75 Å². The molecule has 1 heterocycles. The third-order valence-corrected chi connectivity index (χ3v) is 2.77. The lowest BCUT2D eigenvalue weighted by molar-refractivity contribution is 0.0694. The molecule has 4 N–H and O–H groups in total. The number of phenols is 1. The average molecular weight is 287 g/mol.